The lowest BCUT2D eigenvalue weighted by Gasteiger charge is -2.21. The Kier molecular flexibility index (Phi) is 3.49. The summed E-state index contributed by atoms with van der Waals surface area (Å²) in [5.41, 5.74) is 2.57. The first-order chi connectivity index (χ1) is 9.70. The second-order valence-corrected chi connectivity index (χ2v) is 5.54. The summed E-state index contributed by atoms with van der Waals surface area (Å²) in [6.07, 6.45) is 0. The van der Waals surface area contributed by atoms with Gasteiger partial charge in [-0.15, -0.1) is 0 Å². The fraction of sp³-hybridized carbons (Fsp3) is 0.235. The van der Waals surface area contributed by atoms with Crippen LogP contribution in [0.1, 0.15) is 23.2 Å². The molecule has 2 unspecified atom stereocenters. The second-order valence-electron chi connectivity index (χ2n) is 5.20. The molecular weight excluding hydrogens is 268 g/mol. The minimum atomic E-state index is 0.232. The van der Waals surface area contributed by atoms with Gasteiger partial charge in [0, 0.05) is 22.7 Å². The Balaban J connectivity index is 2.09. The van der Waals surface area contributed by atoms with Gasteiger partial charge in [-0.1, -0.05) is 60.7 Å². The largest absolute Gasteiger partial charge is 0.345 e. The quantitative estimate of drug-likeness (QED) is 0.603. The fourth-order valence-electron chi connectivity index (χ4n) is 3.01. The Bertz CT molecular complexity index is 622. The maximum atomic E-state index is 6.47. The summed E-state index contributed by atoms with van der Waals surface area (Å²) < 4.78 is 2.15. The van der Waals surface area contributed by atoms with Gasteiger partial charge in [0.2, 0.25) is 0 Å². The minimum absolute atomic E-state index is 0.232. The molecular formula is C17H18ClN2+. The van der Waals surface area contributed by atoms with Crippen molar-refractivity contribution in [3.8, 4) is 0 Å². The topological polar surface area (TPSA) is 6.25 Å². The molecule has 2 atom stereocenters. The van der Waals surface area contributed by atoms with Crippen molar-refractivity contribution in [2.24, 2.45) is 0 Å². The van der Waals surface area contributed by atoms with Crippen LogP contribution in [0.4, 0.5) is 0 Å². The van der Waals surface area contributed by atoms with Gasteiger partial charge in [0.25, 0.3) is 0 Å². The van der Waals surface area contributed by atoms with E-state index in [1.165, 1.54) is 11.1 Å². The van der Waals surface area contributed by atoms with Crippen LogP contribution in [0.25, 0.3) is 0 Å². The van der Waals surface area contributed by atoms with Crippen molar-refractivity contribution >= 4 is 16.9 Å². The standard InChI is InChI=1S/C17H18ClN2/c1-19-15(13-9-5-3-6-10-13)16(20(2)17(19)18)14-11-7-4-8-12-14/h3-12,15-16H,1-2H3/q+1. The smallest absolute Gasteiger partial charge is 0.242 e. The molecule has 0 radical (unpaired) electrons. The molecule has 3 heteroatoms. The highest BCUT2D eigenvalue weighted by Crippen LogP contribution is 2.40. The van der Waals surface area contributed by atoms with Crippen molar-refractivity contribution in [1.82, 2.24) is 4.90 Å². The Morgan fingerprint density at radius 2 is 1.40 bits per heavy atom. The summed E-state index contributed by atoms with van der Waals surface area (Å²) in [4.78, 5) is 2.15. The van der Waals surface area contributed by atoms with E-state index in [1.807, 2.05) is 12.1 Å². The predicted octanol–water partition coefficient (Wildman–Crippen LogP) is 3.65. The third-order valence-corrected chi connectivity index (χ3v) is 4.53. The number of rotatable bonds is 2. The molecule has 1 aliphatic rings. The molecule has 0 N–H and O–H groups in total. The highest BCUT2D eigenvalue weighted by atomic mass is 35.5. The van der Waals surface area contributed by atoms with Crippen molar-refractivity contribution in [1.29, 1.82) is 0 Å². The first kappa shape index (κ1) is 13.2. The van der Waals surface area contributed by atoms with Crippen LogP contribution >= 0.6 is 11.6 Å². The van der Waals surface area contributed by atoms with Crippen LogP contribution in [-0.2, 0) is 0 Å². The van der Waals surface area contributed by atoms with Crippen LogP contribution in [0.2, 0.25) is 0 Å². The van der Waals surface area contributed by atoms with Gasteiger partial charge in [-0.05, 0) is 0 Å². The average Bonchev–Trinajstić information content (AvgIpc) is 2.73. The molecule has 2 aromatic carbocycles. The summed E-state index contributed by atoms with van der Waals surface area (Å²) in [5, 5.41) is 0.785. The fourth-order valence-corrected chi connectivity index (χ4v) is 3.22. The number of halogens is 1. The lowest BCUT2D eigenvalue weighted by molar-refractivity contribution is -0.536. The zero-order chi connectivity index (χ0) is 14.1. The first-order valence-electron chi connectivity index (χ1n) is 6.78. The molecule has 3 rings (SSSR count). The predicted molar refractivity (Wildman–Crippen MR) is 83.2 cm³/mol. The SMILES string of the molecule is CN1C(Cl)=[N+](C)C(c2ccccc2)C1c1ccccc1. The third-order valence-electron chi connectivity index (χ3n) is 4.00. The van der Waals surface area contributed by atoms with Crippen LogP contribution in [-0.4, -0.2) is 28.9 Å². The Morgan fingerprint density at radius 3 is 1.95 bits per heavy atom. The van der Waals surface area contributed by atoms with Crippen molar-refractivity contribution in [3.63, 3.8) is 0 Å². The highest BCUT2D eigenvalue weighted by Gasteiger charge is 2.45. The Labute approximate surface area is 124 Å². The lowest BCUT2D eigenvalue weighted by atomic mass is 9.93. The summed E-state index contributed by atoms with van der Waals surface area (Å²) in [6, 6.07) is 21.5. The summed E-state index contributed by atoms with van der Waals surface area (Å²) in [7, 11) is 4.11. The molecule has 20 heavy (non-hydrogen) atoms. The molecule has 102 valence electrons. The van der Waals surface area contributed by atoms with Gasteiger partial charge in [0.1, 0.15) is 0 Å². The molecule has 0 saturated carbocycles. The third kappa shape index (κ3) is 2.10. The van der Waals surface area contributed by atoms with E-state index in [0.717, 1.165) is 5.29 Å². The molecule has 0 spiro atoms. The second kappa shape index (κ2) is 5.29. The molecule has 0 bridgehead atoms. The number of amidine groups is 1. The van der Waals surface area contributed by atoms with E-state index >= 15 is 0 Å². The van der Waals surface area contributed by atoms with E-state index in [9.17, 15) is 0 Å². The molecule has 1 aliphatic heterocycles. The highest BCUT2D eigenvalue weighted by molar-refractivity contribution is 6.63. The van der Waals surface area contributed by atoms with Crippen molar-refractivity contribution in [2.75, 3.05) is 14.1 Å². The number of hydrogen-bond acceptors (Lipinski definition) is 1. The molecule has 2 aromatic rings. The van der Waals surface area contributed by atoms with E-state index in [2.05, 4.69) is 72.1 Å². The van der Waals surface area contributed by atoms with E-state index in [4.69, 9.17) is 11.6 Å². The van der Waals surface area contributed by atoms with E-state index in [0.29, 0.717) is 0 Å². The summed E-state index contributed by atoms with van der Waals surface area (Å²) in [6.45, 7) is 0. The number of nitrogens with zero attached hydrogens (tertiary/aromatic N) is 2. The van der Waals surface area contributed by atoms with Gasteiger partial charge < -0.3 is 0 Å². The first-order valence-corrected chi connectivity index (χ1v) is 7.16. The molecule has 0 aliphatic carbocycles. The van der Waals surface area contributed by atoms with Gasteiger partial charge in [-0.2, -0.15) is 0 Å². The van der Waals surface area contributed by atoms with E-state index < -0.39 is 0 Å². The number of hydrogen-bond donors (Lipinski definition) is 0. The molecule has 2 nitrogen and oxygen atoms in total. The molecule has 1 heterocycles. The maximum absolute atomic E-state index is 6.47. The average molecular weight is 286 g/mol. The van der Waals surface area contributed by atoms with Crippen molar-refractivity contribution < 1.29 is 4.58 Å². The van der Waals surface area contributed by atoms with Crippen molar-refractivity contribution in [2.45, 2.75) is 12.1 Å². The number of benzene rings is 2. The Hall–Kier alpha value is -1.80. The van der Waals surface area contributed by atoms with Gasteiger partial charge in [-0.25, -0.2) is 9.48 Å². The normalized spacial score (nSPS) is 22.4. The van der Waals surface area contributed by atoms with Gasteiger partial charge in [0.15, 0.2) is 12.1 Å². The van der Waals surface area contributed by atoms with Gasteiger partial charge in [0.05, 0.1) is 14.1 Å². The van der Waals surface area contributed by atoms with E-state index in [-0.39, 0.29) is 12.1 Å². The zero-order valence-corrected chi connectivity index (χ0v) is 12.5. The minimum Gasteiger partial charge on any atom is -0.242 e. The van der Waals surface area contributed by atoms with Crippen LogP contribution in [0, 0.1) is 0 Å². The maximum Gasteiger partial charge on any atom is 0.345 e. The Morgan fingerprint density at radius 1 is 0.900 bits per heavy atom. The van der Waals surface area contributed by atoms with Crippen LogP contribution in [0.5, 0.6) is 0 Å². The lowest BCUT2D eigenvalue weighted by Crippen LogP contribution is -2.24. The number of likely N-dealkylation sites (N-methyl/N-ethyl adjacent to an activating group) is 2. The van der Waals surface area contributed by atoms with Crippen LogP contribution < -0.4 is 0 Å². The van der Waals surface area contributed by atoms with Gasteiger partial charge in [-0.3, -0.25) is 0 Å². The van der Waals surface area contributed by atoms with E-state index in [1.54, 1.807) is 0 Å². The summed E-state index contributed by atoms with van der Waals surface area (Å²) >= 11 is 6.47. The zero-order valence-electron chi connectivity index (χ0n) is 11.7. The molecule has 0 amide bonds. The molecule has 0 fully saturated rings. The summed E-state index contributed by atoms with van der Waals surface area (Å²) in [5.74, 6) is 0. The molecule has 0 aromatic heterocycles. The van der Waals surface area contributed by atoms with Crippen LogP contribution in [0.3, 0.4) is 0 Å². The monoisotopic (exact) mass is 285 g/mol. The van der Waals surface area contributed by atoms with Crippen molar-refractivity contribution in [3.05, 3.63) is 71.8 Å². The van der Waals surface area contributed by atoms with Crippen LogP contribution in [0.15, 0.2) is 60.7 Å². The molecule has 0 saturated heterocycles. The van der Waals surface area contributed by atoms with Gasteiger partial charge >= 0.3 is 5.29 Å².